The largest absolute Gasteiger partial charge is 0.290 e. The first kappa shape index (κ1) is 15.1. The summed E-state index contributed by atoms with van der Waals surface area (Å²) in [6.45, 7) is 4.97. The molecule has 0 N–H and O–H groups in total. The van der Waals surface area contributed by atoms with Crippen molar-refractivity contribution in [1.82, 2.24) is 0 Å². The molecule has 0 amide bonds. The molecule has 2 heteroatoms. The Morgan fingerprint density at radius 3 is 2.77 bits per heavy atom. The Bertz CT molecular complexity index is 562. The average Bonchev–Trinajstić information content (AvgIpc) is 2.89. The van der Waals surface area contributed by atoms with Crippen molar-refractivity contribution in [3.05, 3.63) is 23.8 Å². The molecule has 0 heterocycles. The van der Waals surface area contributed by atoms with Crippen LogP contribution in [0.5, 0.6) is 0 Å². The summed E-state index contributed by atoms with van der Waals surface area (Å²) in [6.07, 6.45) is 16.5. The van der Waals surface area contributed by atoms with Crippen LogP contribution in [0.15, 0.2) is 23.8 Å². The second kappa shape index (κ2) is 5.00. The summed E-state index contributed by atoms with van der Waals surface area (Å²) in [5.74, 6) is 2.70. The van der Waals surface area contributed by atoms with Crippen LogP contribution in [-0.2, 0) is 4.79 Å². The first-order valence-electron chi connectivity index (χ1n) is 8.95. The molecule has 4 aliphatic rings. The highest BCUT2D eigenvalue weighted by atomic mass is 32.2. The molecule has 3 saturated carbocycles. The zero-order valence-electron chi connectivity index (χ0n) is 14.1. The van der Waals surface area contributed by atoms with E-state index < -0.39 is 0 Å². The fraction of sp³-hybridized carbons (Fsp3) is 0.750. The molecule has 0 radical (unpaired) electrons. The van der Waals surface area contributed by atoms with Crippen LogP contribution in [0, 0.1) is 28.6 Å². The Morgan fingerprint density at radius 2 is 2.00 bits per heavy atom. The molecule has 3 fully saturated rings. The Labute approximate surface area is 139 Å². The second-order valence-corrected chi connectivity index (χ2v) is 9.62. The highest BCUT2D eigenvalue weighted by Gasteiger charge is 2.58. The van der Waals surface area contributed by atoms with E-state index in [1.54, 1.807) is 0 Å². The number of rotatable bonds is 1. The highest BCUT2D eigenvalue weighted by Crippen LogP contribution is 2.65. The number of fused-ring (bicyclic) bond motifs is 5. The van der Waals surface area contributed by atoms with Crippen LogP contribution < -0.4 is 0 Å². The van der Waals surface area contributed by atoms with Gasteiger partial charge in [-0.25, -0.2) is 0 Å². The minimum absolute atomic E-state index is 0.148. The smallest absolute Gasteiger partial charge is 0.178 e. The molecule has 4 aliphatic carbocycles. The van der Waals surface area contributed by atoms with Gasteiger partial charge < -0.3 is 0 Å². The fourth-order valence-corrected chi connectivity index (χ4v) is 7.41. The number of carbonyl (C=O) groups is 1. The van der Waals surface area contributed by atoms with Gasteiger partial charge in [0.25, 0.3) is 0 Å². The van der Waals surface area contributed by atoms with Gasteiger partial charge in [-0.2, -0.15) is 11.8 Å². The van der Waals surface area contributed by atoms with Crippen LogP contribution in [-0.4, -0.2) is 17.3 Å². The van der Waals surface area contributed by atoms with E-state index in [-0.39, 0.29) is 11.2 Å². The van der Waals surface area contributed by atoms with Crippen molar-refractivity contribution in [1.29, 1.82) is 0 Å². The second-order valence-electron chi connectivity index (χ2n) is 8.54. The zero-order chi connectivity index (χ0) is 15.5. The van der Waals surface area contributed by atoms with E-state index in [0.29, 0.717) is 10.7 Å². The average molecular weight is 317 g/mol. The zero-order valence-corrected chi connectivity index (χ0v) is 14.9. The lowest BCUT2D eigenvalue weighted by Gasteiger charge is -2.58. The molecule has 0 saturated heterocycles. The van der Waals surface area contributed by atoms with Crippen molar-refractivity contribution < 1.29 is 4.79 Å². The Morgan fingerprint density at radius 1 is 1.18 bits per heavy atom. The minimum atomic E-state index is 0.148. The molecule has 0 spiro atoms. The third kappa shape index (κ3) is 1.95. The summed E-state index contributed by atoms with van der Waals surface area (Å²) in [4.78, 5) is 11.9. The number of allylic oxidation sites excluding steroid dienone is 4. The van der Waals surface area contributed by atoms with Crippen molar-refractivity contribution in [2.24, 2.45) is 28.6 Å². The monoisotopic (exact) mass is 316 g/mol. The van der Waals surface area contributed by atoms with Crippen molar-refractivity contribution >= 4 is 17.5 Å². The van der Waals surface area contributed by atoms with E-state index in [4.69, 9.17) is 0 Å². The summed E-state index contributed by atoms with van der Waals surface area (Å²) in [5, 5.41) is 0.714. The van der Waals surface area contributed by atoms with E-state index in [1.165, 1.54) is 37.7 Å². The third-order valence-corrected chi connectivity index (χ3v) is 8.73. The van der Waals surface area contributed by atoms with Gasteiger partial charge >= 0.3 is 0 Å². The molecule has 120 valence electrons. The van der Waals surface area contributed by atoms with E-state index in [2.05, 4.69) is 37.9 Å². The van der Waals surface area contributed by atoms with Crippen molar-refractivity contribution in [3.8, 4) is 0 Å². The highest BCUT2D eigenvalue weighted by molar-refractivity contribution is 7.99. The predicted molar refractivity (Wildman–Crippen MR) is 93.9 cm³/mol. The van der Waals surface area contributed by atoms with Crippen LogP contribution in [0.4, 0.5) is 0 Å². The summed E-state index contributed by atoms with van der Waals surface area (Å²) < 4.78 is 0. The summed E-state index contributed by atoms with van der Waals surface area (Å²) in [6, 6.07) is 0. The van der Waals surface area contributed by atoms with Crippen LogP contribution in [0.25, 0.3) is 0 Å². The summed E-state index contributed by atoms with van der Waals surface area (Å²) in [7, 11) is 0. The van der Waals surface area contributed by atoms with E-state index >= 15 is 0 Å². The van der Waals surface area contributed by atoms with Crippen molar-refractivity contribution in [3.63, 3.8) is 0 Å². The molecule has 0 aromatic rings. The molecule has 0 bridgehead atoms. The third-order valence-electron chi connectivity index (χ3n) is 7.64. The number of hydrogen-bond donors (Lipinski definition) is 0. The topological polar surface area (TPSA) is 17.1 Å². The lowest BCUT2D eigenvalue weighted by atomic mass is 9.48. The van der Waals surface area contributed by atoms with E-state index in [9.17, 15) is 4.79 Å². The standard InChI is InChI=1S/C20H28OS/c1-19-8-4-5-15(19)18-16(7-9-19)20(2)10-6-14(21)11-13(20)12-17(18)22-3/h6,10-11,15-18H,4-5,7-9,12H2,1-3H3/t15-,16-,17-,18-,19-,20-/m0/s1. The van der Waals surface area contributed by atoms with Crippen LogP contribution in [0.2, 0.25) is 0 Å². The lowest BCUT2D eigenvalue weighted by Crippen LogP contribution is -2.52. The van der Waals surface area contributed by atoms with Gasteiger partial charge in [0.1, 0.15) is 0 Å². The van der Waals surface area contributed by atoms with Gasteiger partial charge in [0.05, 0.1) is 0 Å². The van der Waals surface area contributed by atoms with Gasteiger partial charge in [0.15, 0.2) is 5.78 Å². The SMILES string of the molecule is CS[C@H]1CC2=CC(=O)C=C[C@]2(C)[C@H]2CC[C@]3(C)CCC[C@H]3[C@H]12. The summed E-state index contributed by atoms with van der Waals surface area (Å²) in [5.41, 5.74) is 2.16. The molecule has 22 heavy (non-hydrogen) atoms. The molecule has 1 nitrogen and oxygen atoms in total. The Balaban J connectivity index is 1.77. The van der Waals surface area contributed by atoms with Gasteiger partial charge in [-0.3, -0.25) is 4.79 Å². The van der Waals surface area contributed by atoms with Gasteiger partial charge in [-0.15, -0.1) is 0 Å². The van der Waals surface area contributed by atoms with Crippen LogP contribution in [0.1, 0.15) is 52.4 Å². The van der Waals surface area contributed by atoms with Crippen molar-refractivity contribution in [2.45, 2.75) is 57.6 Å². The van der Waals surface area contributed by atoms with E-state index in [1.807, 2.05) is 12.2 Å². The van der Waals surface area contributed by atoms with Crippen molar-refractivity contribution in [2.75, 3.05) is 6.26 Å². The van der Waals surface area contributed by atoms with Crippen LogP contribution in [0.3, 0.4) is 0 Å². The maximum atomic E-state index is 11.9. The quantitative estimate of drug-likeness (QED) is 0.675. The van der Waals surface area contributed by atoms with Gasteiger partial charge in [-0.05, 0) is 73.7 Å². The van der Waals surface area contributed by atoms with Gasteiger partial charge in [0.2, 0.25) is 0 Å². The maximum absolute atomic E-state index is 11.9. The number of thioether (sulfide) groups is 1. The number of ketones is 1. The van der Waals surface area contributed by atoms with E-state index in [0.717, 1.165) is 24.2 Å². The first-order chi connectivity index (χ1) is 10.5. The minimum Gasteiger partial charge on any atom is -0.290 e. The number of hydrogen-bond acceptors (Lipinski definition) is 2. The molecular formula is C20H28OS. The fourth-order valence-electron chi connectivity index (χ4n) is 6.37. The molecule has 0 unspecified atom stereocenters. The molecule has 0 aromatic heterocycles. The maximum Gasteiger partial charge on any atom is 0.178 e. The molecular weight excluding hydrogens is 288 g/mol. The van der Waals surface area contributed by atoms with Gasteiger partial charge in [0, 0.05) is 10.7 Å². The normalized spacial score (nSPS) is 50.1. The lowest BCUT2D eigenvalue weighted by molar-refractivity contribution is -0.111. The first-order valence-corrected chi connectivity index (χ1v) is 10.2. The molecule has 6 atom stereocenters. The molecule has 0 aromatic carbocycles. The molecule has 0 aliphatic heterocycles. The predicted octanol–water partition coefficient (Wildman–Crippen LogP) is 5.03. The summed E-state index contributed by atoms with van der Waals surface area (Å²) >= 11 is 2.06. The molecule has 4 rings (SSSR count). The van der Waals surface area contributed by atoms with Gasteiger partial charge in [-0.1, -0.05) is 31.9 Å². The number of carbonyl (C=O) groups excluding carboxylic acids is 1. The Hall–Kier alpha value is -0.500. The Kier molecular flexibility index (Phi) is 3.42. The van der Waals surface area contributed by atoms with Crippen LogP contribution >= 0.6 is 11.8 Å².